The maximum absolute atomic E-state index is 12.4. The number of nitro groups is 1. The molecule has 0 bridgehead atoms. The minimum absolute atomic E-state index is 0.00474. The van der Waals surface area contributed by atoms with Crippen LogP contribution in [0.15, 0.2) is 62.8 Å². The lowest BCUT2D eigenvalue weighted by Gasteiger charge is -2.02. The summed E-state index contributed by atoms with van der Waals surface area (Å²) in [5.41, 5.74) is 4.47. The Morgan fingerprint density at radius 1 is 1.06 bits per heavy atom. The molecule has 31 heavy (non-hydrogen) atoms. The molecule has 0 saturated carbocycles. The van der Waals surface area contributed by atoms with Crippen molar-refractivity contribution in [2.24, 2.45) is 4.99 Å². The van der Waals surface area contributed by atoms with E-state index in [2.05, 4.69) is 10.3 Å². The monoisotopic (exact) mass is 433 g/mol. The Bertz CT molecular complexity index is 1270. The molecule has 1 saturated heterocycles. The number of furan rings is 1. The molecule has 8 heteroatoms. The van der Waals surface area contributed by atoms with E-state index in [1.165, 1.54) is 23.9 Å². The fraction of sp³-hybridized carbons (Fsp3) is 0.130. The maximum atomic E-state index is 12.4. The quantitative estimate of drug-likeness (QED) is 0.325. The number of hydrogen-bond donors (Lipinski definition) is 1. The highest BCUT2D eigenvalue weighted by molar-refractivity contribution is 8.18. The first-order chi connectivity index (χ1) is 14.8. The molecule has 1 amide bonds. The third-order valence-corrected chi connectivity index (χ3v) is 5.73. The molecule has 1 fully saturated rings. The number of nitrogens with one attached hydrogen (secondary N) is 1. The van der Waals surface area contributed by atoms with E-state index >= 15 is 0 Å². The fourth-order valence-corrected chi connectivity index (χ4v) is 4.03. The number of carbonyl (C=O) groups excluding carboxylic acids is 1. The van der Waals surface area contributed by atoms with Gasteiger partial charge in [-0.2, -0.15) is 0 Å². The summed E-state index contributed by atoms with van der Waals surface area (Å²) in [5, 5.41) is 14.3. The zero-order valence-corrected chi connectivity index (χ0v) is 17.9. The number of nitrogens with zero attached hydrogens (tertiary/aromatic N) is 2. The van der Waals surface area contributed by atoms with Crippen molar-refractivity contribution in [2.75, 3.05) is 0 Å². The molecule has 4 rings (SSSR count). The highest BCUT2D eigenvalue weighted by Gasteiger charge is 2.24. The second-order valence-electron chi connectivity index (χ2n) is 7.23. The fourth-order valence-electron chi connectivity index (χ4n) is 3.21. The second-order valence-corrected chi connectivity index (χ2v) is 8.26. The van der Waals surface area contributed by atoms with Gasteiger partial charge >= 0.3 is 0 Å². The van der Waals surface area contributed by atoms with Crippen LogP contribution >= 0.6 is 11.8 Å². The first kappa shape index (κ1) is 20.6. The van der Waals surface area contributed by atoms with Gasteiger partial charge in [-0.3, -0.25) is 14.9 Å². The van der Waals surface area contributed by atoms with Crippen LogP contribution in [-0.4, -0.2) is 16.0 Å². The molecule has 1 aliphatic heterocycles. The van der Waals surface area contributed by atoms with Crippen LogP contribution in [0.4, 0.5) is 11.4 Å². The smallest absolute Gasteiger partial charge is 0.270 e. The summed E-state index contributed by atoms with van der Waals surface area (Å²) in [6, 6.07) is 14.0. The summed E-state index contributed by atoms with van der Waals surface area (Å²) < 4.78 is 5.85. The summed E-state index contributed by atoms with van der Waals surface area (Å²) in [7, 11) is 0. The van der Waals surface area contributed by atoms with E-state index in [0.29, 0.717) is 27.2 Å². The number of non-ortho nitro benzene ring substituents is 1. The van der Waals surface area contributed by atoms with Gasteiger partial charge in [0.15, 0.2) is 5.17 Å². The van der Waals surface area contributed by atoms with E-state index in [-0.39, 0.29) is 11.6 Å². The van der Waals surface area contributed by atoms with Crippen molar-refractivity contribution in [1.29, 1.82) is 0 Å². The van der Waals surface area contributed by atoms with Crippen molar-refractivity contribution in [2.45, 2.75) is 20.8 Å². The maximum Gasteiger partial charge on any atom is 0.270 e. The van der Waals surface area contributed by atoms with E-state index in [1.807, 2.05) is 39.0 Å². The number of rotatable bonds is 4. The van der Waals surface area contributed by atoms with Gasteiger partial charge in [-0.05, 0) is 61.9 Å². The molecule has 1 N–H and O–H groups in total. The molecule has 0 spiro atoms. The Hall–Kier alpha value is -3.65. The van der Waals surface area contributed by atoms with Crippen LogP contribution in [0.2, 0.25) is 0 Å². The summed E-state index contributed by atoms with van der Waals surface area (Å²) in [6.07, 6.45) is 1.64. The molecule has 0 unspecified atom stereocenters. The van der Waals surface area contributed by atoms with Crippen LogP contribution in [0.1, 0.15) is 22.5 Å². The van der Waals surface area contributed by atoms with Crippen molar-refractivity contribution in [3.05, 3.63) is 86.0 Å². The van der Waals surface area contributed by atoms with Crippen molar-refractivity contribution < 1.29 is 14.1 Å². The van der Waals surface area contributed by atoms with Crippen molar-refractivity contribution >= 4 is 40.3 Å². The normalized spacial score (nSPS) is 16.2. The average molecular weight is 433 g/mol. The van der Waals surface area contributed by atoms with Crippen LogP contribution < -0.4 is 5.32 Å². The predicted molar refractivity (Wildman–Crippen MR) is 122 cm³/mol. The Morgan fingerprint density at radius 3 is 2.61 bits per heavy atom. The van der Waals surface area contributed by atoms with Gasteiger partial charge in [0, 0.05) is 23.8 Å². The summed E-state index contributed by atoms with van der Waals surface area (Å²) in [4.78, 5) is 28.0. The number of aryl methyl sites for hydroxylation is 3. The minimum Gasteiger partial charge on any atom is -0.457 e. The molecule has 1 aliphatic rings. The van der Waals surface area contributed by atoms with Gasteiger partial charge in [-0.1, -0.05) is 23.8 Å². The van der Waals surface area contributed by atoms with Gasteiger partial charge in [0.1, 0.15) is 11.5 Å². The standard InChI is InChI=1S/C23H19N3O4S/c1-13-4-8-19(15(3)10-13)24-23-25-22(27)21(31-23)12-17-7-9-20(30-17)18-11-16(26(28)29)6-5-14(18)2/h4-12H,1-3H3,(H,24,25,27). The van der Waals surface area contributed by atoms with E-state index in [0.717, 1.165) is 22.4 Å². The van der Waals surface area contributed by atoms with Gasteiger partial charge in [0.2, 0.25) is 0 Å². The topological polar surface area (TPSA) is 97.7 Å². The first-order valence-corrected chi connectivity index (χ1v) is 10.3. The summed E-state index contributed by atoms with van der Waals surface area (Å²) in [6.45, 7) is 5.85. The van der Waals surface area contributed by atoms with Gasteiger partial charge in [-0.25, -0.2) is 4.99 Å². The van der Waals surface area contributed by atoms with Crippen LogP contribution in [0.5, 0.6) is 0 Å². The largest absolute Gasteiger partial charge is 0.457 e. The van der Waals surface area contributed by atoms with Crippen molar-refractivity contribution in [3.8, 4) is 11.3 Å². The lowest BCUT2D eigenvalue weighted by atomic mass is 10.1. The number of aliphatic imine (C=N–C) groups is 1. The number of amidine groups is 1. The third kappa shape index (κ3) is 4.44. The Labute approximate surface area is 183 Å². The molecule has 0 atom stereocenters. The SMILES string of the molecule is Cc1ccc(N=C2NC(=O)C(=Cc3ccc(-c4cc([N+](=O)[O-])ccc4C)o3)S2)c(C)c1. The molecule has 7 nitrogen and oxygen atoms in total. The molecule has 2 aromatic carbocycles. The van der Waals surface area contributed by atoms with Gasteiger partial charge < -0.3 is 9.73 Å². The van der Waals surface area contributed by atoms with Gasteiger partial charge in [0.25, 0.3) is 11.6 Å². The molecule has 2 heterocycles. The molecule has 3 aromatic rings. The highest BCUT2D eigenvalue weighted by atomic mass is 32.2. The van der Waals surface area contributed by atoms with Crippen molar-refractivity contribution in [3.63, 3.8) is 0 Å². The van der Waals surface area contributed by atoms with Crippen LogP contribution in [0.25, 0.3) is 17.4 Å². The summed E-state index contributed by atoms with van der Waals surface area (Å²) >= 11 is 1.24. The Kier molecular flexibility index (Phi) is 5.48. The third-order valence-electron chi connectivity index (χ3n) is 4.82. The highest BCUT2D eigenvalue weighted by Crippen LogP contribution is 2.32. The zero-order chi connectivity index (χ0) is 22.1. The van der Waals surface area contributed by atoms with E-state index in [9.17, 15) is 14.9 Å². The number of carbonyl (C=O) groups is 1. The van der Waals surface area contributed by atoms with E-state index in [1.54, 1.807) is 24.3 Å². The van der Waals surface area contributed by atoms with E-state index in [4.69, 9.17) is 4.42 Å². The molecule has 1 aromatic heterocycles. The van der Waals surface area contributed by atoms with Gasteiger partial charge in [0.05, 0.1) is 15.5 Å². The lowest BCUT2D eigenvalue weighted by Crippen LogP contribution is -2.19. The Morgan fingerprint density at radius 2 is 1.87 bits per heavy atom. The van der Waals surface area contributed by atoms with Crippen LogP contribution in [0, 0.1) is 30.9 Å². The van der Waals surface area contributed by atoms with Crippen LogP contribution in [-0.2, 0) is 4.79 Å². The minimum atomic E-state index is -0.440. The Balaban J connectivity index is 1.58. The molecule has 156 valence electrons. The predicted octanol–water partition coefficient (Wildman–Crippen LogP) is 5.67. The number of thioether (sulfide) groups is 1. The van der Waals surface area contributed by atoms with Crippen LogP contribution in [0.3, 0.4) is 0 Å². The number of benzene rings is 2. The average Bonchev–Trinajstić information content (AvgIpc) is 3.31. The number of amides is 1. The van der Waals surface area contributed by atoms with E-state index < -0.39 is 4.92 Å². The number of nitro benzene ring substituents is 1. The second kappa shape index (κ2) is 8.23. The number of hydrogen-bond acceptors (Lipinski definition) is 6. The first-order valence-electron chi connectivity index (χ1n) is 9.52. The molecular formula is C23H19N3O4S. The zero-order valence-electron chi connectivity index (χ0n) is 17.1. The molecular weight excluding hydrogens is 414 g/mol. The lowest BCUT2D eigenvalue weighted by molar-refractivity contribution is -0.384. The molecule has 0 radical (unpaired) electrons. The molecule has 0 aliphatic carbocycles. The summed E-state index contributed by atoms with van der Waals surface area (Å²) in [5.74, 6) is 0.727. The van der Waals surface area contributed by atoms with Crippen molar-refractivity contribution in [1.82, 2.24) is 5.32 Å². The van der Waals surface area contributed by atoms with Gasteiger partial charge in [-0.15, -0.1) is 0 Å².